The molecular weight excluding hydrogens is 633 g/mol. The second-order valence-corrected chi connectivity index (χ2v) is 14.4. The standard InChI is InChI=1S/C48H38N4/c1-48(2,3)36-26-24-32(25-27-36)35-30-43(50-44(31-35)41-20-12-19-40-39-18-6-7-21-42(39)51-47(40)41)34-15-10-16-37(29-34)52(46-23-8-9-28-49-46)45-22-11-14-33-13-4-5-17-38(33)45/h4-31,51H,1-3H3. The molecule has 0 aliphatic carbocycles. The third-order valence-electron chi connectivity index (χ3n) is 10.0. The van der Waals surface area contributed by atoms with Gasteiger partial charge in [0.25, 0.3) is 0 Å². The van der Waals surface area contributed by atoms with Crippen molar-refractivity contribution in [3.63, 3.8) is 0 Å². The number of pyridine rings is 2. The summed E-state index contributed by atoms with van der Waals surface area (Å²) in [7, 11) is 0. The lowest BCUT2D eigenvalue weighted by Gasteiger charge is -2.26. The average molecular weight is 671 g/mol. The minimum Gasteiger partial charge on any atom is -0.354 e. The zero-order valence-corrected chi connectivity index (χ0v) is 29.5. The molecular formula is C48H38N4. The van der Waals surface area contributed by atoms with E-state index >= 15 is 0 Å². The van der Waals surface area contributed by atoms with Crippen molar-refractivity contribution in [2.45, 2.75) is 26.2 Å². The van der Waals surface area contributed by atoms with Crippen molar-refractivity contribution in [3.8, 4) is 33.6 Å². The number of nitrogens with zero attached hydrogens (tertiary/aromatic N) is 3. The Bertz CT molecular complexity index is 2710. The van der Waals surface area contributed by atoms with E-state index in [4.69, 9.17) is 9.97 Å². The molecule has 9 rings (SSSR count). The van der Waals surface area contributed by atoms with E-state index < -0.39 is 0 Å². The van der Waals surface area contributed by atoms with Crippen molar-refractivity contribution in [1.29, 1.82) is 0 Å². The lowest BCUT2D eigenvalue weighted by atomic mass is 9.86. The van der Waals surface area contributed by atoms with E-state index in [0.29, 0.717) is 0 Å². The van der Waals surface area contributed by atoms with Crippen molar-refractivity contribution < 1.29 is 0 Å². The molecule has 0 bridgehead atoms. The maximum absolute atomic E-state index is 5.42. The number of anilines is 3. The van der Waals surface area contributed by atoms with Crippen LogP contribution in [0.1, 0.15) is 26.3 Å². The number of benzene rings is 6. The third-order valence-corrected chi connectivity index (χ3v) is 10.0. The second-order valence-electron chi connectivity index (χ2n) is 14.4. The van der Waals surface area contributed by atoms with Crippen LogP contribution in [-0.2, 0) is 5.41 Å². The van der Waals surface area contributed by atoms with Gasteiger partial charge in [0.1, 0.15) is 5.82 Å². The van der Waals surface area contributed by atoms with Gasteiger partial charge in [-0.15, -0.1) is 0 Å². The summed E-state index contributed by atoms with van der Waals surface area (Å²) in [6, 6.07) is 58.1. The number of para-hydroxylation sites is 2. The molecule has 0 fully saturated rings. The predicted molar refractivity (Wildman–Crippen MR) is 219 cm³/mol. The summed E-state index contributed by atoms with van der Waals surface area (Å²) < 4.78 is 0. The first-order valence-electron chi connectivity index (χ1n) is 17.8. The number of hydrogen-bond acceptors (Lipinski definition) is 3. The Morgan fingerprint density at radius 2 is 1.25 bits per heavy atom. The Morgan fingerprint density at radius 3 is 2.08 bits per heavy atom. The van der Waals surface area contributed by atoms with Gasteiger partial charge in [0.2, 0.25) is 0 Å². The summed E-state index contributed by atoms with van der Waals surface area (Å²) in [5.41, 5.74) is 11.9. The molecule has 52 heavy (non-hydrogen) atoms. The van der Waals surface area contributed by atoms with Crippen LogP contribution in [0.4, 0.5) is 17.2 Å². The molecule has 250 valence electrons. The maximum atomic E-state index is 5.42. The Balaban J connectivity index is 1.24. The molecule has 0 radical (unpaired) electrons. The van der Waals surface area contributed by atoms with Crippen LogP contribution in [0.5, 0.6) is 0 Å². The van der Waals surface area contributed by atoms with Gasteiger partial charge >= 0.3 is 0 Å². The predicted octanol–water partition coefficient (Wildman–Crippen LogP) is 13.0. The molecule has 3 heterocycles. The first-order valence-corrected chi connectivity index (χ1v) is 17.8. The molecule has 0 saturated heterocycles. The minimum atomic E-state index is 0.0718. The fourth-order valence-electron chi connectivity index (χ4n) is 7.32. The zero-order valence-electron chi connectivity index (χ0n) is 29.5. The van der Waals surface area contributed by atoms with Gasteiger partial charge < -0.3 is 4.98 Å². The Labute approximate surface area is 304 Å². The van der Waals surface area contributed by atoms with E-state index in [-0.39, 0.29) is 5.41 Å². The van der Waals surface area contributed by atoms with Gasteiger partial charge in [0, 0.05) is 44.7 Å². The molecule has 0 saturated carbocycles. The zero-order chi connectivity index (χ0) is 35.2. The van der Waals surface area contributed by atoms with Crippen LogP contribution >= 0.6 is 0 Å². The van der Waals surface area contributed by atoms with E-state index in [0.717, 1.165) is 67.3 Å². The molecule has 4 heteroatoms. The molecule has 4 nitrogen and oxygen atoms in total. The van der Waals surface area contributed by atoms with Crippen LogP contribution in [0.15, 0.2) is 170 Å². The SMILES string of the molecule is CC(C)(C)c1ccc(-c2cc(-c3cccc(N(c4ccccn4)c4cccc5ccccc45)c3)nc(-c3cccc4c3[nH]c3ccccc34)c2)cc1. The van der Waals surface area contributed by atoms with Gasteiger partial charge in [-0.1, -0.05) is 136 Å². The lowest BCUT2D eigenvalue weighted by Crippen LogP contribution is -2.12. The normalized spacial score (nSPS) is 11.8. The largest absolute Gasteiger partial charge is 0.354 e. The maximum Gasteiger partial charge on any atom is 0.137 e. The molecule has 3 aromatic heterocycles. The fraction of sp³-hybridized carbons (Fsp3) is 0.0833. The average Bonchev–Trinajstić information content (AvgIpc) is 3.57. The summed E-state index contributed by atoms with van der Waals surface area (Å²) in [5.74, 6) is 0.850. The van der Waals surface area contributed by atoms with Crippen molar-refractivity contribution in [3.05, 3.63) is 176 Å². The molecule has 1 N–H and O–H groups in total. The molecule has 0 unspecified atom stereocenters. The van der Waals surface area contributed by atoms with Crippen LogP contribution in [0, 0.1) is 0 Å². The van der Waals surface area contributed by atoms with Gasteiger partial charge in [-0.05, 0) is 76.0 Å². The Morgan fingerprint density at radius 1 is 0.538 bits per heavy atom. The minimum absolute atomic E-state index is 0.0718. The van der Waals surface area contributed by atoms with E-state index in [1.54, 1.807) is 0 Å². The topological polar surface area (TPSA) is 44.8 Å². The van der Waals surface area contributed by atoms with Gasteiger partial charge in [-0.25, -0.2) is 9.97 Å². The number of fused-ring (bicyclic) bond motifs is 4. The van der Waals surface area contributed by atoms with Gasteiger partial charge in [0.05, 0.1) is 22.6 Å². The van der Waals surface area contributed by atoms with Crippen molar-refractivity contribution in [2.24, 2.45) is 0 Å². The van der Waals surface area contributed by atoms with Gasteiger partial charge in [0.15, 0.2) is 0 Å². The summed E-state index contributed by atoms with van der Waals surface area (Å²) in [5, 5.41) is 4.75. The molecule has 0 amide bonds. The number of aromatic nitrogens is 3. The molecule has 0 aliphatic rings. The summed E-state index contributed by atoms with van der Waals surface area (Å²) in [6.45, 7) is 6.77. The first kappa shape index (κ1) is 31.5. The smallest absolute Gasteiger partial charge is 0.137 e. The Hall–Kier alpha value is -6.52. The van der Waals surface area contributed by atoms with Crippen molar-refractivity contribution >= 4 is 49.8 Å². The number of rotatable bonds is 6. The third kappa shape index (κ3) is 5.69. The number of aromatic amines is 1. The Kier molecular flexibility index (Phi) is 7.66. The highest BCUT2D eigenvalue weighted by atomic mass is 15.2. The molecule has 0 aliphatic heterocycles. The summed E-state index contributed by atoms with van der Waals surface area (Å²) >= 11 is 0. The van der Waals surface area contributed by atoms with Crippen molar-refractivity contribution in [1.82, 2.24) is 15.0 Å². The van der Waals surface area contributed by atoms with Crippen LogP contribution in [0.25, 0.3) is 66.2 Å². The van der Waals surface area contributed by atoms with Gasteiger partial charge in [-0.3, -0.25) is 4.90 Å². The highest BCUT2D eigenvalue weighted by Gasteiger charge is 2.19. The highest BCUT2D eigenvalue weighted by Crippen LogP contribution is 2.41. The van der Waals surface area contributed by atoms with Crippen LogP contribution < -0.4 is 4.90 Å². The van der Waals surface area contributed by atoms with E-state index in [2.05, 4.69) is 182 Å². The second kappa shape index (κ2) is 12.7. The number of nitrogens with one attached hydrogen (secondary N) is 1. The monoisotopic (exact) mass is 670 g/mol. The summed E-state index contributed by atoms with van der Waals surface area (Å²) in [4.78, 5) is 16.2. The molecule has 0 spiro atoms. The van der Waals surface area contributed by atoms with E-state index in [1.165, 1.54) is 21.7 Å². The molecule has 9 aromatic rings. The lowest BCUT2D eigenvalue weighted by molar-refractivity contribution is 0.590. The van der Waals surface area contributed by atoms with E-state index in [1.807, 2.05) is 18.3 Å². The van der Waals surface area contributed by atoms with Crippen LogP contribution in [-0.4, -0.2) is 15.0 Å². The first-order chi connectivity index (χ1) is 25.4. The van der Waals surface area contributed by atoms with Crippen LogP contribution in [0.2, 0.25) is 0 Å². The van der Waals surface area contributed by atoms with Crippen molar-refractivity contribution in [2.75, 3.05) is 4.90 Å². The fourth-order valence-corrected chi connectivity index (χ4v) is 7.32. The van der Waals surface area contributed by atoms with Gasteiger partial charge in [-0.2, -0.15) is 0 Å². The number of H-pyrrole nitrogens is 1. The van der Waals surface area contributed by atoms with E-state index in [9.17, 15) is 0 Å². The number of hydrogen-bond donors (Lipinski definition) is 1. The molecule has 0 atom stereocenters. The highest BCUT2D eigenvalue weighted by molar-refractivity contribution is 6.11. The van der Waals surface area contributed by atoms with Crippen LogP contribution in [0.3, 0.4) is 0 Å². The quantitative estimate of drug-likeness (QED) is 0.191. The molecule has 6 aromatic carbocycles. The summed E-state index contributed by atoms with van der Waals surface area (Å²) in [6.07, 6.45) is 1.85.